The Morgan fingerprint density at radius 2 is 2.22 bits per heavy atom. The molecule has 2 aromatic rings. The number of anilines is 1. The zero-order chi connectivity index (χ0) is 13.3. The molecule has 0 atom stereocenters. The lowest BCUT2D eigenvalue weighted by Gasteiger charge is -2.18. The van der Waals surface area contributed by atoms with Crippen LogP contribution in [0.25, 0.3) is 10.3 Å². The minimum absolute atomic E-state index is 0.202. The minimum Gasteiger partial charge on any atom is -0.444 e. The Bertz CT molecular complexity index is 640. The molecule has 0 bridgehead atoms. The summed E-state index contributed by atoms with van der Waals surface area (Å²) in [6.07, 6.45) is 0.679. The summed E-state index contributed by atoms with van der Waals surface area (Å²) in [4.78, 5) is 33.7. The maximum atomic E-state index is 11.5. The molecule has 96 valence electrons. The lowest BCUT2D eigenvalue weighted by atomic mass is 10.2. The number of thiazole rings is 1. The first kappa shape index (κ1) is 12.5. The van der Waals surface area contributed by atoms with Crippen molar-refractivity contribution in [1.29, 1.82) is 0 Å². The molecule has 0 saturated carbocycles. The monoisotopic (exact) mass is 268 g/mol. The zero-order valence-electron chi connectivity index (χ0n) is 10.1. The van der Waals surface area contributed by atoms with Crippen LogP contribution in [0.4, 0.5) is 9.93 Å². The molecule has 2 rings (SSSR count). The second-order valence-corrected chi connectivity index (χ2v) is 5.51. The van der Waals surface area contributed by atoms with Crippen LogP contribution in [0, 0.1) is 0 Å². The topological polar surface area (TPSA) is 97.0 Å². The maximum Gasteiger partial charge on any atom is 0.413 e. The highest BCUT2D eigenvalue weighted by Gasteiger charge is 2.18. The van der Waals surface area contributed by atoms with Crippen molar-refractivity contribution in [3.63, 3.8) is 0 Å². The van der Waals surface area contributed by atoms with Gasteiger partial charge in [0, 0.05) is 0 Å². The Morgan fingerprint density at radius 3 is 2.83 bits per heavy atom. The van der Waals surface area contributed by atoms with Crippen molar-refractivity contribution in [1.82, 2.24) is 15.0 Å². The summed E-state index contributed by atoms with van der Waals surface area (Å²) >= 11 is 1.11. The van der Waals surface area contributed by atoms with Crippen LogP contribution < -0.4 is 10.9 Å². The van der Waals surface area contributed by atoms with Crippen molar-refractivity contribution >= 4 is 32.9 Å². The predicted octanol–water partition coefficient (Wildman–Crippen LogP) is 1.73. The molecule has 2 aromatic heterocycles. The molecule has 0 spiro atoms. The third kappa shape index (κ3) is 2.83. The van der Waals surface area contributed by atoms with Gasteiger partial charge in [-0.15, -0.1) is 0 Å². The molecule has 0 saturated heterocycles. The number of rotatable bonds is 1. The third-order valence-corrected chi connectivity index (χ3v) is 2.69. The van der Waals surface area contributed by atoms with Gasteiger partial charge in [0.25, 0.3) is 5.56 Å². The van der Waals surface area contributed by atoms with Crippen molar-refractivity contribution in [2.75, 3.05) is 5.32 Å². The molecule has 0 aliphatic rings. The predicted molar refractivity (Wildman–Crippen MR) is 67.9 cm³/mol. The number of aromatic nitrogens is 3. The molecule has 0 radical (unpaired) electrons. The molecule has 2 heterocycles. The van der Waals surface area contributed by atoms with Gasteiger partial charge in [-0.2, -0.15) is 0 Å². The van der Waals surface area contributed by atoms with E-state index in [2.05, 4.69) is 20.3 Å². The fourth-order valence-electron chi connectivity index (χ4n) is 1.21. The molecule has 0 aliphatic heterocycles. The summed E-state index contributed by atoms with van der Waals surface area (Å²) < 4.78 is 5.08. The van der Waals surface area contributed by atoms with Crippen molar-refractivity contribution in [2.45, 2.75) is 26.4 Å². The van der Waals surface area contributed by atoms with Crippen molar-refractivity contribution in [3.8, 4) is 0 Å². The van der Waals surface area contributed by atoms with Crippen molar-refractivity contribution < 1.29 is 9.53 Å². The van der Waals surface area contributed by atoms with E-state index in [-0.39, 0.29) is 16.2 Å². The summed E-state index contributed by atoms with van der Waals surface area (Å²) in [6, 6.07) is 0. The van der Waals surface area contributed by atoms with E-state index in [4.69, 9.17) is 4.74 Å². The first-order valence-corrected chi connectivity index (χ1v) is 6.01. The number of amides is 1. The first-order chi connectivity index (χ1) is 8.35. The Hall–Kier alpha value is -1.96. The van der Waals surface area contributed by atoms with E-state index >= 15 is 0 Å². The van der Waals surface area contributed by atoms with E-state index < -0.39 is 11.7 Å². The molecule has 7 nitrogen and oxygen atoms in total. The molecule has 0 aromatic carbocycles. The average molecular weight is 268 g/mol. The number of carbonyl (C=O) groups is 1. The molecule has 0 fully saturated rings. The molecule has 0 unspecified atom stereocenters. The minimum atomic E-state index is -0.613. The number of hydrogen-bond donors (Lipinski definition) is 2. The second-order valence-electron chi connectivity index (χ2n) is 4.53. The molecular weight excluding hydrogens is 256 g/mol. The summed E-state index contributed by atoms with van der Waals surface area (Å²) in [5.74, 6) is 0. The molecule has 18 heavy (non-hydrogen) atoms. The van der Waals surface area contributed by atoms with Crippen LogP contribution in [0.1, 0.15) is 20.8 Å². The summed E-state index contributed by atoms with van der Waals surface area (Å²) in [5, 5.41) is 2.75. The Kier molecular flexibility index (Phi) is 3.04. The van der Waals surface area contributed by atoms with E-state index in [9.17, 15) is 9.59 Å². The Labute approximate surface area is 106 Å². The van der Waals surface area contributed by atoms with Gasteiger partial charge in [-0.05, 0) is 20.8 Å². The lowest BCUT2D eigenvalue weighted by molar-refractivity contribution is 0.0636. The van der Waals surface area contributed by atoms with Crippen LogP contribution >= 0.6 is 11.3 Å². The number of aromatic amines is 1. The van der Waals surface area contributed by atoms with Gasteiger partial charge in [0.2, 0.25) is 0 Å². The van der Waals surface area contributed by atoms with Gasteiger partial charge in [-0.3, -0.25) is 10.1 Å². The van der Waals surface area contributed by atoms with E-state index in [0.717, 1.165) is 11.3 Å². The van der Waals surface area contributed by atoms with E-state index in [0.29, 0.717) is 4.83 Å². The van der Waals surface area contributed by atoms with Crippen LogP contribution in [0.2, 0.25) is 0 Å². The molecule has 1 amide bonds. The van der Waals surface area contributed by atoms with Crippen LogP contribution in [-0.4, -0.2) is 26.6 Å². The number of fused-ring (bicyclic) bond motifs is 1. The first-order valence-electron chi connectivity index (χ1n) is 5.19. The SMILES string of the molecule is CC(C)(C)OC(=O)Nc1nc2c(=O)[nH]cnc2s1. The van der Waals surface area contributed by atoms with Crippen LogP contribution in [0.15, 0.2) is 11.1 Å². The van der Waals surface area contributed by atoms with E-state index in [1.54, 1.807) is 20.8 Å². The number of nitrogens with zero attached hydrogens (tertiary/aromatic N) is 2. The van der Waals surface area contributed by atoms with Crippen molar-refractivity contribution in [3.05, 3.63) is 16.7 Å². The average Bonchev–Trinajstić information content (AvgIpc) is 2.58. The van der Waals surface area contributed by atoms with Gasteiger partial charge in [-0.25, -0.2) is 14.8 Å². The summed E-state index contributed by atoms with van der Waals surface area (Å²) in [6.45, 7) is 5.28. The van der Waals surface area contributed by atoms with Crippen LogP contribution in [0.5, 0.6) is 0 Å². The lowest BCUT2D eigenvalue weighted by Crippen LogP contribution is -2.27. The third-order valence-electron chi connectivity index (χ3n) is 1.81. The summed E-state index contributed by atoms with van der Waals surface area (Å²) in [7, 11) is 0. The smallest absolute Gasteiger partial charge is 0.413 e. The molecular formula is C10H12N4O3S. The number of ether oxygens (including phenoxy) is 1. The molecule has 2 N–H and O–H groups in total. The number of H-pyrrole nitrogens is 1. The quantitative estimate of drug-likeness (QED) is 0.820. The van der Waals surface area contributed by atoms with Gasteiger partial charge >= 0.3 is 6.09 Å². The second kappa shape index (κ2) is 4.37. The van der Waals surface area contributed by atoms with Crippen LogP contribution in [-0.2, 0) is 4.74 Å². The highest BCUT2D eigenvalue weighted by Crippen LogP contribution is 2.21. The Morgan fingerprint density at radius 1 is 1.50 bits per heavy atom. The molecule has 8 heteroatoms. The fraction of sp³-hybridized carbons (Fsp3) is 0.400. The van der Waals surface area contributed by atoms with Crippen LogP contribution in [0.3, 0.4) is 0 Å². The van der Waals surface area contributed by atoms with Gasteiger partial charge in [0.1, 0.15) is 5.60 Å². The molecule has 0 aliphatic carbocycles. The normalized spacial score (nSPS) is 11.5. The zero-order valence-corrected chi connectivity index (χ0v) is 10.9. The van der Waals surface area contributed by atoms with E-state index in [1.807, 2.05) is 0 Å². The standard InChI is InChI=1S/C10H12N4O3S/c1-10(2,3)17-9(16)14-8-13-5-6(15)11-4-12-7(5)18-8/h4H,1-3H3,(H,11,12,15)(H,13,14,16). The number of nitrogens with one attached hydrogen (secondary N) is 2. The van der Waals surface area contributed by atoms with Gasteiger partial charge in [0.05, 0.1) is 6.33 Å². The summed E-state index contributed by atoms with van der Waals surface area (Å²) in [5.41, 5.74) is -0.724. The number of carbonyl (C=O) groups excluding carboxylic acids is 1. The van der Waals surface area contributed by atoms with Gasteiger partial charge < -0.3 is 9.72 Å². The highest BCUT2D eigenvalue weighted by atomic mass is 32.1. The van der Waals surface area contributed by atoms with E-state index in [1.165, 1.54) is 6.33 Å². The van der Waals surface area contributed by atoms with Gasteiger partial charge in [0.15, 0.2) is 15.5 Å². The number of hydrogen-bond acceptors (Lipinski definition) is 6. The maximum absolute atomic E-state index is 11.5. The van der Waals surface area contributed by atoms with Crippen molar-refractivity contribution in [2.24, 2.45) is 0 Å². The Balaban J connectivity index is 2.20. The fourth-order valence-corrected chi connectivity index (χ4v) is 2.00. The largest absolute Gasteiger partial charge is 0.444 e. The highest BCUT2D eigenvalue weighted by molar-refractivity contribution is 7.21. The van der Waals surface area contributed by atoms with Gasteiger partial charge in [-0.1, -0.05) is 11.3 Å².